The number of benzene rings is 11. The molecule has 0 aliphatic heterocycles. The van der Waals surface area contributed by atoms with Crippen molar-refractivity contribution >= 4 is 75.4 Å². The van der Waals surface area contributed by atoms with Gasteiger partial charge in [-0.3, -0.25) is 0 Å². The number of hydrogen-bond acceptors (Lipinski definition) is 0. The average Bonchev–Trinajstić information content (AvgIpc) is 3.22. The topological polar surface area (TPSA) is 0 Å². The predicted molar refractivity (Wildman–Crippen MR) is 225 cm³/mol. The van der Waals surface area contributed by atoms with Crippen molar-refractivity contribution in [1.29, 1.82) is 0 Å². The van der Waals surface area contributed by atoms with Crippen LogP contribution in [0.2, 0.25) is 0 Å². The van der Waals surface area contributed by atoms with Crippen molar-refractivity contribution in [3.63, 3.8) is 0 Å². The van der Waals surface area contributed by atoms with Gasteiger partial charge >= 0.3 is 0 Å². The summed E-state index contributed by atoms with van der Waals surface area (Å²) in [5.41, 5.74) is 7.52. The largest absolute Gasteiger partial charge is 0.0616 e. The highest BCUT2D eigenvalue weighted by Crippen LogP contribution is 2.47. The zero-order valence-electron chi connectivity index (χ0n) is 28.5. The molecule has 52 heavy (non-hydrogen) atoms. The van der Waals surface area contributed by atoms with Crippen molar-refractivity contribution < 1.29 is 0 Å². The van der Waals surface area contributed by atoms with Gasteiger partial charge in [-0.25, -0.2) is 0 Å². The summed E-state index contributed by atoms with van der Waals surface area (Å²) in [7, 11) is 0. The quantitative estimate of drug-likeness (QED) is 0.131. The maximum absolute atomic E-state index is 2.44. The van der Waals surface area contributed by atoms with Crippen molar-refractivity contribution in [2.45, 2.75) is 0 Å². The van der Waals surface area contributed by atoms with E-state index in [1.54, 1.807) is 0 Å². The van der Waals surface area contributed by atoms with Gasteiger partial charge < -0.3 is 0 Å². The summed E-state index contributed by atoms with van der Waals surface area (Å²) in [5.74, 6) is 0. The first-order valence-corrected chi connectivity index (χ1v) is 18.1. The van der Waals surface area contributed by atoms with Gasteiger partial charge in [-0.05, 0) is 115 Å². The van der Waals surface area contributed by atoms with Crippen LogP contribution in [0.15, 0.2) is 194 Å². The van der Waals surface area contributed by atoms with Gasteiger partial charge in [0.15, 0.2) is 0 Å². The molecular weight excluding hydrogens is 625 g/mol. The van der Waals surface area contributed by atoms with Gasteiger partial charge in [0, 0.05) is 0 Å². The molecular formula is C52H32. The van der Waals surface area contributed by atoms with Crippen LogP contribution >= 0.6 is 0 Å². The molecule has 0 atom stereocenters. The molecule has 0 spiro atoms. The molecule has 0 fully saturated rings. The highest BCUT2D eigenvalue weighted by Gasteiger charge is 2.20. The van der Waals surface area contributed by atoms with Gasteiger partial charge in [0.1, 0.15) is 0 Å². The minimum atomic E-state index is 1.23. The van der Waals surface area contributed by atoms with Crippen LogP contribution in [0.5, 0.6) is 0 Å². The van der Waals surface area contributed by atoms with Crippen LogP contribution in [0.3, 0.4) is 0 Å². The summed E-state index contributed by atoms with van der Waals surface area (Å²) in [6, 6.07) is 71.9. The van der Waals surface area contributed by atoms with Crippen LogP contribution in [-0.2, 0) is 0 Å². The van der Waals surface area contributed by atoms with Gasteiger partial charge in [0.25, 0.3) is 0 Å². The van der Waals surface area contributed by atoms with E-state index in [9.17, 15) is 0 Å². The molecule has 0 nitrogen and oxygen atoms in total. The Morgan fingerprint density at radius 1 is 0.212 bits per heavy atom. The molecule has 11 aromatic carbocycles. The molecule has 0 amide bonds. The molecule has 0 aliphatic carbocycles. The maximum atomic E-state index is 2.44. The van der Waals surface area contributed by atoms with Crippen molar-refractivity contribution in [3.05, 3.63) is 194 Å². The lowest BCUT2D eigenvalue weighted by molar-refractivity contribution is 1.64. The molecule has 0 saturated heterocycles. The molecule has 240 valence electrons. The van der Waals surface area contributed by atoms with E-state index < -0.39 is 0 Å². The van der Waals surface area contributed by atoms with Crippen LogP contribution in [-0.4, -0.2) is 0 Å². The molecule has 0 saturated carbocycles. The van der Waals surface area contributed by atoms with Crippen molar-refractivity contribution in [3.8, 4) is 33.4 Å². The minimum absolute atomic E-state index is 1.23. The van der Waals surface area contributed by atoms with E-state index in [-0.39, 0.29) is 0 Å². The second kappa shape index (κ2) is 11.4. The highest BCUT2D eigenvalue weighted by atomic mass is 14.2. The second-order valence-corrected chi connectivity index (χ2v) is 14.0. The molecule has 0 aliphatic rings. The molecule has 0 heterocycles. The van der Waals surface area contributed by atoms with E-state index in [0.717, 1.165) is 0 Å². The van der Waals surface area contributed by atoms with Crippen LogP contribution in [0.1, 0.15) is 0 Å². The maximum Gasteiger partial charge on any atom is -0.00141 e. The summed E-state index contributed by atoms with van der Waals surface area (Å²) in [6.07, 6.45) is 0. The van der Waals surface area contributed by atoms with E-state index >= 15 is 0 Å². The Balaban J connectivity index is 1.21. The van der Waals surface area contributed by atoms with E-state index in [0.29, 0.717) is 0 Å². The summed E-state index contributed by atoms with van der Waals surface area (Å²) >= 11 is 0. The Kier molecular flexibility index (Phi) is 6.35. The number of rotatable bonds is 3. The Morgan fingerprint density at radius 3 is 1.33 bits per heavy atom. The molecule has 0 bridgehead atoms. The third kappa shape index (κ3) is 4.28. The Morgan fingerprint density at radius 2 is 0.654 bits per heavy atom. The first-order chi connectivity index (χ1) is 25.8. The number of fused-ring (bicyclic) bond motifs is 11. The third-order valence-electron chi connectivity index (χ3n) is 11.2. The molecule has 11 rings (SSSR count). The van der Waals surface area contributed by atoms with Gasteiger partial charge in [-0.15, -0.1) is 0 Å². The lowest BCUT2D eigenvalue weighted by Gasteiger charge is -2.20. The lowest BCUT2D eigenvalue weighted by atomic mass is 9.83. The van der Waals surface area contributed by atoms with Crippen LogP contribution in [0, 0.1) is 0 Å². The summed E-state index contributed by atoms with van der Waals surface area (Å²) in [6.45, 7) is 0. The Bertz CT molecular complexity index is 3180. The van der Waals surface area contributed by atoms with E-state index in [1.165, 1.54) is 109 Å². The molecule has 0 radical (unpaired) electrons. The molecule has 0 unspecified atom stereocenters. The summed E-state index contributed by atoms with van der Waals surface area (Å²) < 4.78 is 0. The minimum Gasteiger partial charge on any atom is -0.0616 e. The zero-order valence-corrected chi connectivity index (χ0v) is 28.5. The SMILES string of the molecule is c1ccc2c(-c3ccc(-c4c5ccccc5c(-c5ccc6c7ccccc7c7ccccc7c6c5)c5ccc6ccccc6c45)cc3)cccc2c1. The monoisotopic (exact) mass is 656 g/mol. The zero-order chi connectivity index (χ0) is 34.2. The first-order valence-electron chi connectivity index (χ1n) is 18.1. The van der Waals surface area contributed by atoms with Crippen molar-refractivity contribution in [2.24, 2.45) is 0 Å². The van der Waals surface area contributed by atoms with Gasteiger partial charge in [0.05, 0.1) is 0 Å². The summed E-state index contributed by atoms with van der Waals surface area (Å²) in [4.78, 5) is 0. The van der Waals surface area contributed by atoms with Crippen molar-refractivity contribution in [2.75, 3.05) is 0 Å². The van der Waals surface area contributed by atoms with Crippen LogP contribution in [0.25, 0.3) is 109 Å². The molecule has 0 N–H and O–H groups in total. The smallest absolute Gasteiger partial charge is 0.00141 e. The molecule has 0 aromatic heterocycles. The fourth-order valence-electron chi connectivity index (χ4n) is 8.92. The Labute approximate surface area is 301 Å². The van der Waals surface area contributed by atoms with Crippen LogP contribution < -0.4 is 0 Å². The normalized spacial score (nSPS) is 11.8. The second-order valence-electron chi connectivity index (χ2n) is 14.0. The fraction of sp³-hybridized carbons (Fsp3) is 0. The van der Waals surface area contributed by atoms with Crippen molar-refractivity contribution in [1.82, 2.24) is 0 Å². The highest BCUT2D eigenvalue weighted by molar-refractivity contribution is 6.30. The van der Waals surface area contributed by atoms with Gasteiger partial charge in [0.2, 0.25) is 0 Å². The fourth-order valence-corrected chi connectivity index (χ4v) is 8.92. The molecule has 0 heteroatoms. The van der Waals surface area contributed by atoms with E-state index in [1.807, 2.05) is 0 Å². The van der Waals surface area contributed by atoms with Gasteiger partial charge in [-0.1, -0.05) is 188 Å². The third-order valence-corrected chi connectivity index (χ3v) is 11.2. The van der Waals surface area contributed by atoms with Gasteiger partial charge in [-0.2, -0.15) is 0 Å². The number of hydrogen-bond donors (Lipinski definition) is 0. The first kappa shape index (κ1) is 29.0. The van der Waals surface area contributed by atoms with Crippen LogP contribution in [0.4, 0.5) is 0 Å². The Hall–Kier alpha value is -6.76. The van der Waals surface area contributed by atoms with E-state index in [4.69, 9.17) is 0 Å². The lowest BCUT2D eigenvalue weighted by Crippen LogP contribution is -1.93. The molecule has 11 aromatic rings. The standard InChI is InChI=1S/C52H32/c1-3-15-38-33(12-1)14-11-23-39(38)35-24-26-36(27-25-35)51-47-22-10-9-21-46(47)50(48-31-28-34-13-2-4-16-40(34)52(48)51)37-29-30-45-43-19-6-5-17-41(43)42-18-7-8-20-44(42)49(45)32-37/h1-32H. The average molecular weight is 657 g/mol. The van der Waals surface area contributed by atoms with E-state index in [2.05, 4.69) is 194 Å². The summed E-state index contributed by atoms with van der Waals surface area (Å²) in [5, 5.41) is 17.9. The predicted octanol–water partition coefficient (Wildman–Crippen LogP) is 14.8.